The first-order valence-electron chi connectivity index (χ1n) is 12.0. The zero-order valence-corrected chi connectivity index (χ0v) is 21.4. The van der Waals surface area contributed by atoms with Crippen molar-refractivity contribution in [2.45, 2.75) is 74.1 Å². The van der Waals surface area contributed by atoms with Gasteiger partial charge < -0.3 is 15.4 Å². The molecule has 1 aliphatic rings. The van der Waals surface area contributed by atoms with Crippen molar-refractivity contribution in [3.8, 4) is 0 Å². The molecule has 0 radical (unpaired) electrons. The zero-order valence-electron chi connectivity index (χ0n) is 21.4. The van der Waals surface area contributed by atoms with Gasteiger partial charge in [-0.25, -0.2) is 4.98 Å². The van der Waals surface area contributed by atoms with Crippen molar-refractivity contribution in [2.24, 2.45) is 16.3 Å². The van der Waals surface area contributed by atoms with Crippen molar-refractivity contribution in [3.63, 3.8) is 0 Å². The molecule has 6 nitrogen and oxygen atoms in total. The standard InChI is InChI=1S/C26H43N5O/c1-9-20(10-2)12-11-13-28-24-23(22-14-18(3)21(15-27-8)16-32-22)19(4)30-25(31-24)29-17-26(5,6)7/h14-15,20H,9-13,16-17H2,1-8H3,(H2,28,29,30,31). The first-order valence-corrected chi connectivity index (χ1v) is 12.0. The van der Waals surface area contributed by atoms with Gasteiger partial charge in [0, 0.05) is 31.9 Å². The van der Waals surface area contributed by atoms with E-state index in [9.17, 15) is 0 Å². The van der Waals surface area contributed by atoms with Crippen molar-refractivity contribution in [1.29, 1.82) is 0 Å². The Morgan fingerprint density at radius 3 is 2.47 bits per heavy atom. The average Bonchev–Trinajstić information content (AvgIpc) is 2.73. The molecular weight excluding hydrogens is 398 g/mol. The summed E-state index contributed by atoms with van der Waals surface area (Å²) in [6.07, 6.45) is 8.77. The fraction of sp³-hybridized carbons (Fsp3) is 0.654. The Bertz CT molecular complexity index is 845. The van der Waals surface area contributed by atoms with Crippen molar-refractivity contribution in [2.75, 3.05) is 37.4 Å². The molecule has 0 spiro atoms. The third-order valence-corrected chi connectivity index (χ3v) is 5.87. The number of hydrogen-bond donors (Lipinski definition) is 2. The molecule has 0 aromatic carbocycles. The summed E-state index contributed by atoms with van der Waals surface area (Å²) in [5, 5.41) is 7.00. The van der Waals surface area contributed by atoms with Gasteiger partial charge in [-0.15, -0.1) is 0 Å². The quantitative estimate of drug-likeness (QED) is 0.313. The zero-order chi connectivity index (χ0) is 23.7. The van der Waals surface area contributed by atoms with Crippen molar-refractivity contribution in [1.82, 2.24) is 9.97 Å². The van der Waals surface area contributed by atoms with E-state index in [-0.39, 0.29) is 5.41 Å². The molecule has 2 heterocycles. The lowest BCUT2D eigenvalue weighted by molar-refractivity contribution is 0.309. The summed E-state index contributed by atoms with van der Waals surface area (Å²) in [4.78, 5) is 13.7. The highest BCUT2D eigenvalue weighted by molar-refractivity contribution is 5.84. The summed E-state index contributed by atoms with van der Waals surface area (Å²) < 4.78 is 6.13. The summed E-state index contributed by atoms with van der Waals surface area (Å²) >= 11 is 0. The molecule has 0 bridgehead atoms. The number of nitrogens with one attached hydrogen (secondary N) is 2. The third kappa shape index (κ3) is 7.64. The molecule has 2 N–H and O–H groups in total. The maximum absolute atomic E-state index is 6.13. The second-order valence-corrected chi connectivity index (χ2v) is 9.91. The van der Waals surface area contributed by atoms with E-state index < -0.39 is 0 Å². The number of aliphatic imine (C=N–C) groups is 1. The molecule has 0 amide bonds. The first-order chi connectivity index (χ1) is 15.2. The number of nitrogens with zero attached hydrogens (tertiary/aromatic N) is 3. The lowest BCUT2D eigenvalue weighted by Crippen LogP contribution is -2.21. The lowest BCUT2D eigenvalue weighted by Gasteiger charge is -2.23. The van der Waals surface area contributed by atoms with Crippen LogP contribution in [0.15, 0.2) is 22.2 Å². The van der Waals surface area contributed by atoms with Crippen LogP contribution in [0.2, 0.25) is 0 Å². The van der Waals surface area contributed by atoms with E-state index in [0.29, 0.717) is 12.6 Å². The van der Waals surface area contributed by atoms with Gasteiger partial charge >= 0.3 is 0 Å². The molecule has 0 unspecified atom stereocenters. The van der Waals surface area contributed by atoms with Gasteiger partial charge in [0.1, 0.15) is 18.2 Å². The summed E-state index contributed by atoms with van der Waals surface area (Å²) in [5.41, 5.74) is 4.25. The number of hydrogen-bond acceptors (Lipinski definition) is 6. The van der Waals surface area contributed by atoms with Crippen LogP contribution in [-0.2, 0) is 4.74 Å². The molecule has 0 atom stereocenters. The number of aryl methyl sites for hydroxylation is 1. The van der Waals surface area contributed by atoms with Crippen molar-refractivity contribution >= 4 is 23.7 Å². The van der Waals surface area contributed by atoms with Crippen LogP contribution < -0.4 is 10.6 Å². The van der Waals surface area contributed by atoms with Crippen molar-refractivity contribution < 1.29 is 4.74 Å². The van der Waals surface area contributed by atoms with E-state index in [2.05, 4.69) is 63.2 Å². The average molecular weight is 442 g/mol. The molecule has 0 saturated carbocycles. The Morgan fingerprint density at radius 1 is 1.16 bits per heavy atom. The Morgan fingerprint density at radius 2 is 1.88 bits per heavy atom. The second-order valence-electron chi connectivity index (χ2n) is 9.91. The highest BCUT2D eigenvalue weighted by Gasteiger charge is 2.21. The first kappa shape index (κ1) is 25.9. The van der Waals surface area contributed by atoms with Crippen LogP contribution in [0.4, 0.5) is 11.8 Å². The van der Waals surface area contributed by atoms with Crippen LogP contribution >= 0.6 is 0 Å². The Kier molecular flexibility index (Phi) is 9.73. The van der Waals surface area contributed by atoms with Crippen LogP contribution in [0.25, 0.3) is 5.76 Å². The molecule has 0 saturated heterocycles. The van der Waals surface area contributed by atoms with E-state index in [1.165, 1.54) is 19.3 Å². The Hall–Kier alpha value is -2.37. The molecular formula is C26H43N5O. The lowest BCUT2D eigenvalue weighted by atomic mass is 9.97. The summed E-state index contributed by atoms with van der Waals surface area (Å²) in [6, 6.07) is 0. The van der Waals surface area contributed by atoms with Gasteiger partial charge in [-0.1, -0.05) is 47.5 Å². The van der Waals surface area contributed by atoms with Gasteiger partial charge in [-0.2, -0.15) is 4.98 Å². The maximum atomic E-state index is 6.13. The van der Waals surface area contributed by atoms with Gasteiger partial charge in [-0.05, 0) is 49.7 Å². The minimum atomic E-state index is 0.146. The normalized spacial score (nSPS) is 14.7. The number of allylic oxidation sites excluding steroid dienone is 2. The fourth-order valence-corrected chi connectivity index (χ4v) is 3.75. The number of anilines is 2. The SMILES string of the molecule is CCC(CC)CCCNc1nc(NCC(C)(C)C)nc(C)c1C1=CC(C)=C(C=NC)CO1. The Balaban J connectivity index is 2.31. The van der Waals surface area contributed by atoms with Gasteiger partial charge in [0.25, 0.3) is 0 Å². The third-order valence-electron chi connectivity index (χ3n) is 5.87. The molecule has 0 aliphatic carbocycles. The highest BCUT2D eigenvalue weighted by Crippen LogP contribution is 2.32. The predicted molar refractivity (Wildman–Crippen MR) is 138 cm³/mol. The molecule has 0 fully saturated rings. The van der Waals surface area contributed by atoms with E-state index in [4.69, 9.17) is 14.7 Å². The van der Waals surface area contributed by atoms with E-state index in [1.54, 1.807) is 7.05 Å². The van der Waals surface area contributed by atoms with Gasteiger partial charge in [0.2, 0.25) is 5.95 Å². The van der Waals surface area contributed by atoms with E-state index in [1.807, 2.05) is 13.1 Å². The minimum Gasteiger partial charge on any atom is -0.488 e. The number of aromatic nitrogens is 2. The molecule has 2 rings (SSSR count). The summed E-state index contributed by atoms with van der Waals surface area (Å²) in [5.74, 6) is 3.11. The smallest absolute Gasteiger partial charge is 0.224 e. The predicted octanol–water partition coefficient (Wildman–Crippen LogP) is 6.26. The number of ether oxygens (including phenoxy) is 1. The Labute approximate surface area is 195 Å². The fourth-order valence-electron chi connectivity index (χ4n) is 3.75. The highest BCUT2D eigenvalue weighted by atomic mass is 16.5. The second kappa shape index (κ2) is 12.0. The van der Waals surface area contributed by atoms with Gasteiger partial charge in [0.15, 0.2) is 0 Å². The van der Waals surface area contributed by atoms with Crippen LogP contribution in [-0.4, -0.2) is 42.9 Å². The largest absolute Gasteiger partial charge is 0.488 e. The van der Waals surface area contributed by atoms with Crippen LogP contribution in [0.5, 0.6) is 0 Å². The molecule has 1 aromatic rings. The summed E-state index contributed by atoms with van der Waals surface area (Å²) in [6.45, 7) is 17.5. The maximum Gasteiger partial charge on any atom is 0.224 e. The minimum absolute atomic E-state index is 0.146. The van der Waals surface area contributed by atoms with Crippen LogP contribution in [0.1, 0.15) is 78.5 Å². The number of rotatable bonds is 11. The molecule has 1 aliphatic heterocycles. The molecule has 6 heteroatoms. The molecule has 178 valence electrons. The van der Waals surface area contributed by atoms with Crippen LogP contribution in [0.3, 0.4) is 0 Å². The summed E-state index contributed by atoms with van der Waals surface area (Å²) in [7, 11) is 1.78. The topological polar surface area (TPSA) is 71.4 Å². The van der Waals surface area contributed by atoms with E-state index in [0.717, 1.165) is 59.4 Å². The monoisotopic (exact) mass is 441 g/mol. The van der Waals surface area contributed by atoms with Gasteiger partial charge in [-0.3, -0.25) is 4.99 Å². The van der Waals surface area contributed by atoms with E-state index >= 15 is 0 Å². The molecule has 1 aromatic heterocycles. The van der Waals surface area contributed by atoms with Crippen LogP contribution in [0, 0.1) is 18.3 Å². The van der Waals surface area contributed by atoms with Gasteiger partial charge in [0.05, 0.1) is 11.3 Å². The molecule has 32 heavy (non-hydrogen) atoms. The van der Waals surface area contributed by atoms with Crippen molar-refractivity contribution in [3.05, 3.63) is 28.5 Å².